The van der Waals surface area contributed by atoms with Crippen molar-refractivity contribution in [3.63, 3.8) is 0 Å². The largest absolute Gasteiger partial charge is 0.315 e. The van der Waals surface area contributed by atoms with Crippen molar-refractivity contribution in [2.75, 3.05) is 19.6 Å². The topological polar surface area (TPSA) is 15.3 Å². The molecule has 1 atom stereocenters. The van der Waals surface area contributed by atoms with E-state index in [4.69, 9.17) is 11.6 Å². The molecule has 2 rings (SSSR count). The number of benzene rings is 1. The third kappa shape index (κ3) is 3.47. The van der Waals surface area contributed by atoms with E-state index in [0.29, 0.717) is 6.04 Å². The van der Waals surface area contributed by atoms with Gasteiger partial charge in [-0.15, -0.1) is 0 Å². The van der Waals surface area contributed by atoms with Crippen LogP contribution in [-0.4, -0.2) is 30.6 Å². The third-order valence-electron chi connectivity index (χ3n) is 3.68. The quantitative estimate of drug-likeness (QED) is 0.880. The van der Waals surface area contributed by atoms with Crippen molar-refractivity contribution >= 4 is 11.6 Å². The number of hydrogen-bond acceptors (Lipinski definition) is 2. The fraction of sp³-hybridized carbons (Fsp3) is 0.600. The van der Waals surface area contributed by atoms with Gasteiger partial charge in [-0.2, -0.15) is 0 Å². The first-order valence-electron chi connectivity index (χ1n) is 6.90. The van der Waals surface area contributed by atoms with Crippen LogP contribution in [-0.2, 0) is 6.54 Å². The van der Waals surface area contributed by atoms with Gasteiger partial charge in [0, 0.05) is 24.2 Å². The number of halogens is 1. The lowest BCUT2D eigenvalue weighted by atomic mass is 10.1. The highest BCUT2D eigenvalue weighted by Gasteiger charge is 2.21. The minimum absolute atomic E-state index is 0.685. The second-order valence-electron chi connectivity index (χ2n) is 5.20. The lowest BCUT2D eigenvalue weighted by Gasteiger charge is -2.28. The Labute approximate surface area is 115 Å². The van der Waals surface area contributed by atoms with Crippen molar-refractivity contribution in [2.45, 2.75) is 39.3 Å². The number of hydrogen-bond donors (Lipinski definition) is 1. The smallest absolute Gasteiger partial charge is 0.0438 e. The molecule has 1 saturated heterocycles. The van der Waals surface area contributed by atoms with Crippen LogP contribution in [0.4, 0.5) is 0 Å². The number of nitrogens with zero attached hydrogens (tertiary/aromatic N) is 1. The maximum absolute atomic E-state index is 6.20. The summed E-state index contributed by atoms with van der Waals surface area (Å²) in [5.74, 6) is 0. The maximum Gasteiger partial charge on any atom is 0.0438 e. The predicted molar refractivity (Wildman–Crippen MR) is 78.2 cm³/mol. The van der Waals surface area contributed by atoms with Crippen LogP contribution < -0.4 is 5.32 Å². The standard InChI is InChI=1S/C15H23ClN2/c1-3-8-18(14-6-7-17-10-14)11-13-5-4-12(2)15(16)9-13/h4-5,9,14,17H,3,6-8,10-11H2,1-2H3. The zero-order chi connectivity index (χ0) is 13.0. The molecule has 1 heterocycles. The molecule has 1 aromatic carbocycles. The second kappa shape index (κ2) is 6.55. The van der Waals surface area contributed by atoms with Crippen LogP contribution in [0.5, 0.6) is 0 Å². The van der Waals surface area contributed by atoms with E-state index >= 15 is 0 Å². The Hall–Kier alpha value is -0.570. The summed E-state index contributed by atoms with van der Waals surface area (Å²) in [6, 6.07) is 7.12. The SMILES string of the molecule is CCCN(Cc1ccc(C)c(Cl)c1)C1CCNC1. The highest BCUT2D eigenvalue weighted by atomic mass is 35.5. The van der Waals surface area contributed by atoms with Crippen LogP contribution in [0, 0.1) is 6.92 Å². The van der Waals surface area contributed by atoms with Crippen LogP contribution in [0.2, 0.25) is 5.02 Å². The number of nitrogens with one attached hydrogen (secondary N) is 1. The predicted octanol–water partition coefficient (Wildman–Crippen LogP) is 3.22. The summed E-state index contributed by atoms with van der Waals surface area (Å²) in [4.78, 5) is 2.58. The fourth-order valence-electron chi connectivity index (χ4n) is 2.60. The molecule has 1 aromatic rings. The van der Waals surface area contributed by atoms with Gasteiger partial charge < -0.3 is 5.32 Å². The highest BCUT2D eigenvalue weighted by molar-refractivity contribution is 6.31. The van der Waals surface area contributed by atoms with Crippen LogP contribution in [0.1, 0.15) is 30.9 Å². The molecule has 1 unspecified atom stereocenters. The normalized spacial score (nSPS) is 19.7. The summed E-state index contributed by atoms with van der Waals surface area (Å²) >= 11 is 6.20. The van der Waals surface area contributed by atoms with E-state index in [-0.39, 0.29) is 0 Å². The van der Waals surface area contributed by atoms with E-state index in [1.54, 1.807) is 0 Å². The molecule has 0 amide bonds. The van der Waals surface area contributed by atoms with Gasteiger partial charge in [-0.3, -0.25) is 4.90 Å². The molecule has 0 aromatic heterocycles. The Morgan fingerprint density at radius 2 is 2.28 bits per heavy atom. The first-order valence-corrected chi connectivity index (χ1v) is 7.28. The summed E-state index contributed by atoms with van der Waals surface area (Å²) in [6.07, 6.45) is 2.47. The van der Waals surface area contributed by atoms with Gasteiger partial charge in [0.2, 0.25) is 0 Å². The van der Waals surface area contributed by atoms with Crippen molar-refractivity contribution in [1.29, 1.82) is 0 Å². The molecule has 0 spiro atoms. The minimum atomic E-state index is 0.685. The van der Waals surface area contributed by atoms with Gasteiger partial charge in [-0.05, 0) is 50.0 Å². The molecule has 1 N–H and O–H groups in total. The molecule has 3 heteroatoms. The van der Waals surface area contributed by atoms with E-state index in [1.807, 2.05) is 0 Å². The van der Waals surface area contributed by atoms with Crippen molar-refractivity contribution in [3.05, 3.63) is 34.3 Å². The van der Waals surface area contributed by atoms with Gasteiger partial charge in [-0.1, -0.05) is 30.7 Å². The molecule has 1 fully saturated rings. The summed E-state index contributed by atoms with van der Waals surface area (Å²) in [5, 5.41) is 4.33. The van der Waals surface area contributed by atoms with Crippen molar-refractivity contribution < 1.29 is 0 Å². The third-order valence-corrected chi connectivity index (χ3v) is 4.09. The molecular weight excluding hydrogens is 244 g/mol. The summed E-state index contributed by atoms with van der Waals surface area (Å²) < 4.78 is 0. The second-order valence-corrected chi connectivity index (χ2v) is 5.61. The molecule has 2 nitrogen and oxygen atoms in total. The average molecular weight is 267 g/mol. The van der Waals surface area contributed by atoms with Gasteiger partial charge in [0.25, 0.3) is 0 Å². The van der Waals surface area contributed by atoms with E-state index in [9.17, 15) is 0 Å². The Kier molecular flexibility index (Phi) is 5.04. The van der Waals surface area contributed by atoms with Gasteiger partial charge in [0.05, 0.1) is 0 Å². The molecular formula is C15H23ClN2. The number of rotatable bonds is 5. The van der Waals surface area contributed by atoms with Gasteiger partial charge >= 0.3 is 0 Å². The lowest BCUT2D eigenvalue weighted by Crippen LogP contribution is -2.36. The molecule has 18 heavy (non-hydrogen) atoms. The first kappa shape index (κ1) is 13.9. The van der Waals surface area contributed by atoms with Crippen molar-refractivity contribution in [1.82, 2.24) is 10.2 Å². The molecule has 100 valence electrons. The minimum Gasteiger partial charge on any atom is -0.315 e. The summed E-state index contributed by atoms with van der Waals surface area (Å²) in [7, 11) is 0. The van der Waals surface area contributed by atoms with Crippen molar-refractivity contribution in [2.24, 2.45) is 0 Å². The molecule has 0 bridgehead atoms. The van der Waals surface area contributed by atoms with Crippen LogP contribution in [0.3, 0.4) is 0 Å². The Balaban J connectivity index is 2.04. The summed E-state index contributed by atoms with van der Waals surface area (Å²) in [6.45, 7) is 8.76. The van der Waals surface area contributed by atoms with Crippen LogP contribution in [0.15, 0.2) is 18.2 Å². The average Bonchev–Trinajstić information content (AvgIpc) is 2.87. The Bertz CT molecular complexity index is 386. The number of aryl methyl sites for hydroxylation is 1. The first-order chi connectivity index (χ1) is 8.70. The Morgan fingerprint density at radius 1 is 1.44 bits per heavy atom. The zero-order valence-corrected chi connectivity index (χ0v) is 12.1. The van der Waals surface area contributed by atoms with E-state index in [2.05, 4.69) is 42.3 Å². The Morgan fingerprint density at radius 3 is 2.89 bits per heavy atom. The zero-order valence-electron chi connectivity index (χ0n) is 11.4. The van der Waals surface area contributed by atoms with Crippen LogP contribution >= 0.6 is 11.6 Å². The van der Waals surface area contributed by atoms with E-state index in [1.165, 1.54) is 18.4 Å². The molecule has 1 aliphatic rings. The molecule has 1 aliphatic heterocycles. The lowest BCUT2D eigenvalue weighted by molar-refractivity contribution is 0.199. The summed E-state index contributed by atoms with van der Waals surface area (Å²) in [5.41, 5.74) is 2.48. The molecule has 0 aliphatic carbocycles. The monoisotopic (exact) mass is 266 g/mol. The van der Waals surface area contributed by atoms with E-state index in [0.717, 1.165) is 36.8 Å². The van der Waals surface area contributed by atoms with Gasteiger partial charge in [0.1, 0.15) is 0 Å². The van der Waals surface area contributed by atoms with Gasteiger partial charge in [-0.25, -0.2) is 0 Å². The highest BCUT2D eigenvalue weighted by Crippen LogP contribution is 2.20. The van der Waals surface area contributed by atoms with Crippen molar-refractivity contribution in [3.8, 4) is 0 Å². The maximum atomic E-state index is 6.20. The fourth-order valence-corrected chi connectivity index (χ4v) is 2.80. The molecule has 0 radical (unpaired) electrons. The molecule has 0 saturated carbocycles. The van der Waals surface area contributed by atoms with Gasteiger partial charge in [0.15, 0.2) is 0 Å². The van der Waals surface area contributed by atoms with Crippen LogP contribution in [0.25, 0.3) is 0 Å². The van der Waals surface area contributed by atoms with E-state index < -0.39 is 0 Å².